The minimum absolute atomic E-state index is 0.0230. The molecular formula is C11H9IO3S. The standard InChI is InChI=1S/C11H9IO3S/c1-2-15-11(14)10-9(13)7-4-3-6(12)5-8(7)16-10/h3-5,13H,2H2,1H3. The van der Waals surface area contributed by atoms with Crippen LogP contribution in [0.1, 0.15) is 16.6 Å². The van der Waals surface area contributed by atoms with Crippen LogP contribution in [0.25, 0.3) is 10.1 Å². The van der Waals surface area contributed by atoms with Crippen LogP contribution in [0.4, 0.5) is 0 Å². The summed E-state index contributed by atoms with van der Waals surface area (Å²) in [6.45, 7) is 2.05. The van der Waals surface area contributed by atoms with Gasteiger partial charge in [-0.3, -0.25) is 0 Å². The first-order valence-corrected chi connectivity index (χ1v) is 6.61. The molecule has 0 fully saturated rings. The molecule has 16 heavy (non-hydrogen) atoms. The first-order chi connectivity index (χ1) is 7.63. The summed E-state index contributed by atoms with van der Waals surface area (Å²) in [5, 5.41) is 10.6. The molecule has 0 unspecified atom stereocenters. The molecule has 0 aliphatic heterocycles. The van der Waals surface area contributed by atoms with E-state index in [0.29, 0.717) is 12.0 Å². The molecule has 1 heterocycles. The van der Waals surface area contributed by atoms with E-state index in [9.17, 15) is 9.90 Å². The van der Waals surface area contributed by atoms with Crippen molar-refractivity contribution in [1.29, 1.82) is 0 Å². The van der Waals surface area contributed by atoms with E-state index in [1.54, 1.807) is 6.92 Å². The SMILES string of the molecule is CCOC(=O)c1sc2cc(I)ccc2c1O. The average Bonchev–Trinajstić information content (AvgIpc) is 2.56. The second-order valence-electron chi connectivity index (χ2n) is 3.14. The fourth-order valence-corrected chi connectivity index (χ4v) is 3.12. The van der Waals surface area contributed by atoms with Crippen LogP contribution in [-0.2, 0) is 4.74 Å². The Balaban J connectivity index is 2.55. The summed E-state index contributed by atoms with van der Waals surface area (Å²) in [6, 6.07) is 5.64. The summed E-state index contributed by atoms with van der Waals surface area (Å²) in [5.74, 6) is -0.439. The van der Waals surface area contributed by atoms with Crippen LogP contribution in [0.3, 0.4) is 0 Å². The van der Waals surface area contributed by atoms with Crippen molar-refractivity contribution in [3.63, 3.8) is 0 Å². The molecule has 1 aromatic heterocycles. The second-order valence-corrected chi connectivity index (χ2v) is 5.44. The van der Waals surface area contributed by atoms with Crippen molar-refractivity contribution in [3.05, 3.63) is 26.6 Å². The minimum atomic E-state index is -0.462. The third-order valence-electron chi connectivity index (χ3n) is 2.09. The molecule has 3 nitrogen and oxygen atoms in total. The van der Waals surface area contributed by atoms with E-state index in [-0.39, 0.29) is 10.6 Å². The van der Waals surface area contributed by atoms with Crippen LogP contribution in [0.5, 0.6) is 5.75 Å². The third kappa shape index (κ3) is 2.01. The first kappa shape index (κ1) is 11.7. The number of thiophene rings is 1. The maximum Gasteiger partial charge on any atom is 0.352 e. The number of carbonyl (C=O) groups excluding carboxylic acids is 1. The topological polar surface area (TPSA) is 46.5 Å². The lowest BCUT2D eigenvalue weighted by Crippen LogP contribution is -2.01. The Hall–Kier alpha value is -0.820. The predicted octanol–water partition coefficient (Wildman–Crippen LogP) is 3.39. The molecule has 2 rings (SSSR count). The van der Waals surface area contributed by atoms with Gasteiger partial charge in [-0.1, -0.05) is 0 Å². The van der Waals surface area contributed by atoms with Crippen LogP contribution in [0.15, 0.2) is 18.2 Å². The molecule has 0 radical (unpaired) electrons. The molecule has 84 valence electrons. The molecule has 0 spiro atoms. The van der Waals surface area contributed by atoms with E-state index in [1.165, 1.54) is 11.3 Å². The van der Waals surface area contributed by atoms with Crippen LogP contribution in [0.2, 0.25) is 0 Å². The highest BCUT2D eigenvalue weighted by atomic mass is 127. The van der Waals surface area contributed by atoms with Crippen LogP contribution in [0, 0.1) is 3.57 Å². The largest absolute Gasteiger partial charge is 0.505 e. The van der Waals surface area contributed by atoms with Gasteiger partial charge in [-0.25, -0.2) is 4.79 Å². The Morgan fingerprint density at radius 1 is 1.56 bits per heavy atom. The van der Waals surface area contributed by atoms with Crippen molar-refractivity contribution in [3.8, 4) is 5.75 Å². The Morgan fingerprint density at radius 2 is 2.31 bits per heavy atom. The number of benzene rings is 1. The minimum Gasteiger partial charge on any atom is -0.505 e. The van der Waals surface area contributed by atoms with Gasteiger partial charge in [0.2, 0.25) is 0 Å². The maximum absolute atomic E-state index is 11.5. The van der Waals surface area contributed by atoms with Gasteiger partial charge in [-0.05, 0) is 47.7 Å². The van der Waals surface area contributed by atoms with E-state index in [4.69, 9.17) is 4.74 Å². The molecule has 0 aliphatic rings. The Labute approximate surface area is 110 Å². The van der Waals surface area contributed by atoms with Gasteiger partial charge in [-0.15, -0.1) is 11.3 Å². The number of carbonyl (C=O) groups is 1. The summed E-state index contributed by atoms with van der Waals surface area (Å²) in [5.41, 5.74) is 0. The summed E-state index contributed by atoms with van der Waals surface area (Å²) in [4.78, 5) is 11.8. The van der Waals surface area contributed by atoms with E-state index >= 15 is 0 Å². The zero-order valence-corrected chi connectivity index (χ0v) is 11.5. The van der Waals surface area contributed by atoms with Crippen molar-refractivity contribution in [1.82, 2.24) is 0 Å². The lowest BCUT2D eigenvalue weighted by atomic mass is 10.2. The van der Waals surface area contributed by atoms with Gasteiger partial charge >= 0.3 is 5.97 Å². The summed E-state index contributed by atoms with van der Waals surface area (Å²) in [7, 11) is 0. The number of halogens is 1. The molecule has 0 bridgehead atoms. The van der Waals surface area contributed by atoms with Gasteiger partial charge in [0.05, 0.1) is 6.61 Å². The second kappa shape index (κ2) is 4.58. The van der Waals surface area contributed by atoms with E-state index in [1.807, 2.05) is 18.2 Å². The fourth-order valence-electron chi connectivity index (χ4n) is 1.39. The van der Waals surface area contributed by atoms with E-state index in [0.717, 1.165) is 8.27 Å². The Morgan fingerprint density at radius 3 is 3.00 bits per heavy atom. The van der Waals surface area contributed by atoms with Crippen LogP contribution in [-0.4, -0.2) is 17.7 Å². The van der Waals surface area contributed by atoms with Crippen LogP contribution >= 0.6 is 33.9 Å². The third-order valence-corrected chi connectivity index (χ3v) is 3.88. The maximum atomic E-state index is 11.5. The van der Waals surface area contributed by atoms with Gasteiger partial charge in [0.1, 0.15) is 5.75 Å². The van der Waals surface area contributed by atoms with Gasteiger partial charge in [0.25, 0.3) is 0 Å². The molecule has 1 aromatic carbocycles. The van der Waals surface area contributed by atoms with Gasteiger partial charge < -0.3 is 9.84 Å². The Kier molecular flexibility index (Phi) is 3.34. The van der Waals surface area contributed by atoms with Gasteiger partial charge in [-0.2, -0.15) is 0 Å². The summed E-state index contributed by atoms with van der Waals surface area (Å²) >= 11 is 3.45. The zero-order chi connectivity index (χ0) is 11.7. The molecule has 2 aromatic rings. The number of hydrogen-bond acceptors (Lipinski definition) is 4. The molecular weight excluding hydrogens is 339 g/mol. The lowest BCUT2D eigenvalue weighted by molar-refractivity contribution is 0.0529. The molecule has 0 saturated heterocycles. The number of fused-ring (bicyclic) bond motifs is 1. The predicted molar refractivity (Wildman–Crippen MR) is 72.2 cm³/mol. The van der Waals surface area contributed by atoms with E-state index < -0.39 is 5.97 Å². The number of hydrogen-bond donors (Lipinski definition) is 1. The number of aromatic hydroxyl groups is 1. The van der Waals surface area contributed by atoms with Crippen LogP contribution < -0.4 is 0 Å². The number of rotatable bonds is 2. The van der Waals surface area contributed by atoms with Crippen molar-refractivity contribution < 1.29 is 14.6 Å². The van der Waals surface area contributed by atoms with Crippen molar-refractivity contribution >= 4 is 50.0 Å². The lowest BCUT2D eigenvalue weighted by Gasteiger charge is -1.98. The molecule has 0 aliphatic carbocycles. The van der Waals surface area contributed by atoms with Crippen molar-refractivity contribution in [2.45, 2.75) is 6.92 Å². The first-order valence-electron chi connectivity index (χ1n) is 4.71. The molecule has 5 heteroatoms. The number of ether oxygens (including phenoxy) is 1. The average molecular weight is 348 g/mol. The van der Waals surface area contributed by atoms with Crippen molar-refractivity contribution in [2.24, 2.45) is 0 Å². The Bertz CT molecular complexity index is 547. The zero-order valence-electron chi connectivity index (χ0n) is 8.49. The highest BCUT2D eigenvalue weighted by Crippen LogP contribution is 2.37. The van der Waals surface area contributed by atoms with Crippen molar-refractivity contribution in [2.75, 3.05) is 6.61 Å². The van der Waals surface area contributed by atoms with Gasteiger partial charge in [0.15, 0.2) is 4.88 Å². The van der Waals surface area contributed by atoms with Gasteiger partial charge in [0, 0.05) is 13.7 Å². The smallest absolute Gasteiger partial charge is 0.352 e. The molecule has 1 N–H and O–H groups in total. The summed E-state index contributed by atoms with van der Waals surface area (Å²) in [6.07, 6.45) is 0. The molecule has 0 atom stereocenters. The summed E-state index contributed by atoms with van der Waals surface area (Å²) < 4.78 is 6.85. The molecule has 0 amide bonds. The fraction of sp³-hybridized carbons (Fsp3) is 0.182. The number of esters is 1. The normalized spacial score (nSPS) is 10.6. The molecule has 0 saturated carbocycles. The quantitative estimate of drug-likeness (QED) is 0.669. The van der Waals surface area contributed by atoms with E-state index in [2.05, 4.69) is 22.6 Å². The monoisotopic (exact) mass is 348 g/mol. The highest BCUT2D eigenvalue weighted by molar-refractivity contribution is 14.1. The highest BCUT2D eigenvalue weighted by Gasteiger charge is 2.18.